The molecule has 2 aromatic rings. The molecule has 0 atom stereocenters. The van der Waals surface area contributed by atoms with Gasteiger partial charge in [0.05, 0.1) is 11.8 Å². The molecule has 1 N–H and O–H groups in total. The van der Waals surface area contributed by atoms with E-state index in [0.29, 0.717) is 18.1 Å². The van der Waals surface area contributed by atoms with Crippen molar-refractivity contribution in [3.05, 3.63) is 35.5 Å². The highest BCUT2D eigenvalue weighted by Gasteiger charge is 2.25. The van der Waals surface area contributed by atoms with E-state index in [1.807, 2.05) is 24.3 Å². The van der Waals surface area contributed by atoms with Crippen molar-refractivity contribution in [3.63, 3.8) is 0 Å². The number of piperidine rings is 1. The molecule has 1 fully saturated rings. The summed E-state index contributed by atoms with van der Waals surface area (Å²) >= 11 is 6.07. The quantitative estimate of drug-likeness (QED) is 0.934. The van der Waals surface area contributed by atoms with Crippen molar-refractivity contribution >= 4 is 38.2 Å². The summed E-state index contributed by atoms with van der Waals surface area (Å²) < 4.78 is 24.6. The molecule has 1 aromatic carbocycles. The predicted molar refractivity (Wildman–Crippen MR) is 89.8 cm³/mol. The molecule has 7 heteroatoms. The minimum Gasteiger partial charge on any atom is -0.382 e. The SMILES string of the molecule is CS(=O)(=O)N1CCC(Nc2ccnc3ccc(Cl)cc23)CC1. The van der Waals surface area contributed by atoms with Gasteiger partial charge in [-0.1, -0.05) is 11.6 Å². The van der Waals surface area contributed by atoms with Crippen molar-refractivity contribution < 1.29 is 8.42 Å². The van der Waals surface area contributed by atoms with Crippen LogP contribution in [0.1, 0.15) is 12.8 Å². The van der Waals surface area contributed by atoms with Crippen LogP contribution in [0, 0.1) is 0 Å². The van der Waals surface area contributed by atoms with Crippen LogP contribution in [-0.2, 0) is 10.0 Å². The number of nitrogens with one attached hydrogen (secondary N) is 1. The van der Waals surface area contributed by atoms with E-state index in [9.17, 15) is 8.42 Å². The van der Waals surface area contributed by atoms with Crippen molar-refractivity contribution in [2.45, 2.75) is 18.9 Å². The Morgan fingerprint density at radius 1 is 1.27 bits per heavy atom. The average molecular weight is 340 g/mol. The van der Waals surface area contributed by atoms with Gasteiger partial charge in [0.25, 0.3) is 0 Å². The van der Waals surface area contributed by atoms with Gasteiger partial charge in [0, 0.05) is 41.4 Å². The number of pyridine rings is 1. The van der Waals surface area contributed by atoms with Gasteiger partial charge in [-0.05, 0) is 37.1 Å². The molecule has 2 heterocycles. The first-order valence-electron chi connectivity index (χ1n) is 7.19. The molecule has 1 aliphatic rings. The van der Waals surface area contributed by atoms with Gasteiger partial charge in [0.15, 0.2) is 0 Å². The van der Waals surface area contributed by atoms with Crippen LogP contribution in [0.25, 0.3) is 10.9 Å². The van der Waals surface area contributed by atoms with Gasteiger partial charge in [-0.2, -0.15) is 0 Å². The van der Waals surface area contributed by atoms with E-state index in [1.54, 1.807) is 6.20 Å². The maximum atomic E-state index is 11.5. The summed E-state index contributed by atoms with van der Waals surface area (Å²) in [4.78, 5) is 4.33. The van der Waals surface area contributed by atoms with Crippen LogP contribution in [0.4, 0.5) is 5.69 Å². The topological polar surface area (TPSA) is 62.3 Å². The summed E-state index contributed by atoms with van der Waals surface area (Å²) in [5.74, 6) is 0. The fraction of sp³-hybridized carbons (Fsp3) is 0.400. The molecular weight excluding hydrogens is 322 g/mol. The number of hydrogen-bond donors (Lipinski definition) is 1. The molecule has 5 nitrogen and oxygen atoms in total. The van der Waals surface area contributed by atoms with Crippen LogP contribution < -0.4 is 5.32 Å². The molecule has 3 rings (SSSR count). The average Bonchev–Trinajstić information content (AvgIpc) is 2.47. The smallest absolute Gasteiger partial charge is 0.211 e. The zero-order valence-electron chi connectivity index (χ0n) is 12.3. The molecule has 0 radical (unpaired) electrons. The molecule has 0 spiro atoms. The Bertz CT molecular complexity index is 786. The van der Waals surface area contributed by atoms with Crippen molar-refractivity contribution in [2.75, 3.05) is 24.7 Å². The van der Waals surface area contributed by atoms with Crippen molar-refractivity contribution in [1.82, 2.24) is 9.29 Å². The van der Waals surface area contributed by atoms with E-state index in [1.165, 1.54) is 10.6 Å². The summed E-state index contributed by atoms with van der Waals surface area (Å²) in [6.45, 7) is 1.11. The number of fused-ring (bicyclic) bond motifs is 1. The third-order valence-electron chi connectivity index (χ3n) is 3.99. The molecule has 1 aliphatic heterocycles. The molecule has 0 amide bonds. The molecule has 0 unspecified atom stereocenters. The number of halogens is 1. The van der Waals surface area contributed by atoms with E-state index >= 15 is 0 Å². The predicted octanol–water partition coefficient (Wildman–Crippen LogP) is 2.72. The lowest BCUT2D eigenvalue weighted by Crippen LogP contribution is -2.41. The standard InChI is InChI=1S/C15H18ClN3O2S/c1-22(20,21)19-8-5-12(6-9-19)18-15-4-7-17-14-3-2-11(16)10-13(14)15/h2-4,7,10,12H,5-6,8-9H2,1H3,(H,17,18). The minimum atomic E-state index is -3.08. The fourth-order valence-corrected chi connectivity index (χ4v) is 3.84. The molecule has 118 valence electrons. The van der Waals surface area contributed by atoms with Gasteiger partial charge in [-0.15, -0.1) is 0 Å². The van der Waals surface area contributed by atoms with Gasteiger partial charge in [-0.3, -0.25) is 4.98 Å². The van der Waals surface area contributed by atoms with E-state index in [0.717, 1.165) is 29.4 Å². The molecular formula is C15H18ClN3O2S. The second-order valence-electron chi connectivity index (χ2n) is 5.60. The maximum absolute atomic E-state index is 11.5. The van der Waals surface area contributed by atoms with Crippen LogP contribution in [0.15, 0.2) is 30.5 Å². The third-order valence-corrected chi connectivity index (χ3v) is 5.52. The maximum Gasteiger partial charge on any atom is 0.211 e. The molecule has 1 saturated heterocycles. The summed E-state index contributed by atoms with van der Waals surface area (Å²) in [6.07, 6.45) is 4.61. The lowest BCUT2D eigenvalue weighted by molar-refractivity contribution is 0.332. The Kier molecular flexibility index (Phi) is 4.25. The first-order valence-corrected chi connectivity index (χ1v) is 9.42. The van der Waals surface area contributed by atoms with Gasteiger partial charge in [0.1, 0.15) is 0 Å². The van der Waals surface area contributed by atoms with Gasteiger partial charge in [0.2, 0.25) is 10.0 Å². The molecule has 0 saturated carbocycles. The number of aromatic nitrogens is 1. The van der Waals surface area contributed by atoms with E-state index in [4.69, 9.17) is 11.6 Å². The van der Waals surface area contributed by atoms with Crippen LogP contribution in [0.2, 0.25) is 5.02 Å². The summed E-state index contributed by atoms with van der Waals surface area (Å²) in [7, 11) is -3.08. The van der Waals surface area contributed by atoms with Gasteiger partial charge < -0.3 is 5.32 Å². The Balaban J connectivity index is 1.76. The van der Waals surface area contributed by atoms with Crippen molar-refractivity contribution in [2.24, 2.45) is 0 Å². The fourth-order valence-electron chi connectivity index (χ4n) is 2.80. The molecule has 0 aliphatic carbocycles. The van der Waals surface area contributed by atoms with Gasteiger partial charge >= 0.3 is 0 Å². The zero-order valence-corrected chi connectivity index (χ0v) is 13.9. The number of rotatable bonds is 3. The molecule has 22 heavy (non-hydrogen) atoms. The summed E-state index contributed by atoms with van der Waals surface area (Å²) in [5, 5.41) is 5.17. The summed E-state index contributed by atoms with van der Waals surface area (Å²) in [5.41, 5.74) is 1.88. The monoisotopic (exact) mass is 339 g/mol. The third kappa shape index (κ3) is 3.34. The van der Waals surface area contributed by atoms with Crippen LogP contribution in [-0.4, -0.2) is 43.1 Å². The van der Waals surface area contributed by atoms with Crippen molar-refractivity contribution in [1.29, 1.82) is 0 Å². The summed E-state index contributed by atoms with van der Waals surface area (Å²) in [6, 6.07) is 7.81. The van der Waals surface area contributed by atoms with E-state index in [2.05, 4.69) is 10.3 Å². The number of hydrogen-bond acceptors (Lipinski definition) is 4. The Hall–Kier alpha value is -1.37. The van der Waals surface area contributed by atoms with Gasteiger partial charge in [-0.25, -0.2) is 12.7 Å². The lowest BCUT2D eigenvalue weighted by atomic mass is 10.1. The number of sulfonamides is 1. The molecule has 0 bridgehead atoms. The lowest BCUT2D eigenvalue weighted by Gasteiger charge is -2.31. The number of benzene rings is 1. The number of nitrogens with zero attached hydrogens (tertiary/aromatic N) is 2. The Morgan fingerprint density at radius 2 is 2.00 bits per heavy atom. The highest BCUT2D eigenvalue weighted by atomic mass is 35.5. The normalized spacial score (nSPS) is 17.7. The Labute approximate surface area is 135 Å². The second kappa shape index (κ2) is 6.02. The zero-order chi connectivity index (χ0) is 15.7. The number of anilines is 1. The van der Waals surface area contributed by atoms with Crippen LogP contribution >= 0.6 is 11.6 Å². The first-order chi connectivity index (χ1) is 10.4. The van der Waals surface area contributed by atoms with Crippen LogP contribution in [0.5, 0.6) is 0 Å². The highest BCUT2D eigenvalue weighted by molar-refractivity contribution is 7.88. The van der Waals surface area contributed by atoms with Crippen molar-refractivity contribution in [3.8, 4) is 0 Å². The van der Waals surface area contributed by atoms with Crippen LogP contribution in [0.3, 0.4) is 0 Å². The molecule has 1 aromatic heterocycles. The second-order valence-corrected chi connectivity index (χ2v) is 8.02. The van der Waals surface area contributed by atoms with E-state index < -0.39 is 10.0 Å². The largest absolute Gasteiger partial charge is 0.382 e. The Morgan fingerprint density at radius 3 is 2.68 bits per heavy atom. The minimum absolute atomic E-state index is 0.252. The highest BCUT2D eigenvalue weighted by Crippen LogP contribution is 2.27. The first kappa shape index (κ1) is 15.5. The van der Waals surface area contributed by atoms with E-state index in [-0.39, 0.29) is 6.04 Å².